The lowest BCUT2D eigenvalue weighted by atomic mass is 10.2. The van der Waals surface area contributed by atoms with Crippen LogP contribution in [0.4, 0.5) is 0 Å². The molecule has 0 aliphatic carbocycles. The molecule has 1 aromatic rings. The van der Waals surface area contributed by atoms with E-state index in [-0.39, 0.29) is 5.84 Å². The summed E-state index contributed by atoms with van der Waals surface area (Å²) in [5.41, 5.74) is 6.53. The summed E-state index contributed by atoms with van der Waals surface area (Å²) in [6.45, 7) is 9.14. The molecule has 5 heteroatoms. The molecule has 1 rings (SSSR count). The Morgan fingerprint density at radius 3 is 2.76 bits per heavy atom. The van der Waals surface area contributed by atoms with E-state index in [4.69, 9.17) is 11.1 Å². The number of thiazole rings is 1. The number of rotatable bonds is 7. The topological polar surface area (TPSA) is 66.0 Å². The maximum Gasteiger partial charge on any atom is 0.0918 e. The van der Waals surface area contributed by atoms with Gasteiger partial charge >= 0.3 is 0 Å². The lowest BCUT2D eigenvalue weighted by Crippen LogP contribution is -2.31. The lowest BCUT2D eigenvalue weighted by molar-refractivity contribution is 0.240. The van der Waals surface area contributed by atoms with Gasteiger partial charge in [0.05, 0.1) is 16.5 Å². The second-order valence-corrected chi connectivity index (χ2v) is 5.82. The van der Waals surface area contributed by atoms with Crippen molar-refractivity contribution in [1.29, 1.82) is 5.41 Å². The van der Waals surface area contributed by atoms with E-state index in [0.29, 0.717) is 12.3 Å². The first kappa shape index (κ1) is 14.1. The Morgan fingerprint density at radius 1 is 1.59 bits per heavy atom. The molecule has 0 aliphatic rings. The molecule has 0 unspecified atom stereocenters. The smallest absolute Gasteiger partial charge is 0.0918 e. The third-order valence-electron chi connectivity index (χ3n) is 2.37. The zero-order valence-electron chi connectivity index (χ0n) is 10.9. The van der Waals surface area contributed by atoms with Gasteiger partial charge in [-0.05, 0) is 12.8 Å². The SMILES string of the molecule is Cc1nc(CN(CCC(=N)N)CC(C)C)cs1. The van der Waals surface area contributed by atoms with Crippen molar-refractivity contribution in [3.63, 3.8) is 0 Å². The van der Waals surface area contributed by atoms with E-state index >= 15 is 0 Å². The Morgan fingerprint density at radius 2 is 2.29 bits per heavy atom. The van der Waals surface area contributed by atoms with Gasteiger partial charge in [0.1, 0.15) is 0 Å². The normalized spacial score (nSPS) is 11.4. The third-order valence-corrected chi connectivity index (χ3v) is 3.20. The number of aromatic nitrogens is 1. The minimum Gasteiger partial charge on any atom is -0.388 e. The molecule has 0 saturated carbocycles. The van der Waals surface area contributed by atoms with Gasteiger partial charge < -0.3 is 5.73 Å². The Hall–Kier alpha value is -0.940. The fourth-order valence-electron chi connectivity index (χ4n) is 1.74. The molecular formula is C12H22N4S. The Labute approximate surface area is 107 Å². The summed E-state index contributed by atoms with van der Waals surface area (Å²) in [6.07, 6.45) is 0.635. The highest BCUT2D eigenvalue weighted by Gasteiger charge is 2.10. The van der Waals surface area contributed by atoms with Gasteiger partial charge in [0, 0.05) is 31.4 Å². The minimum absolute atomic E-state index is 0.258. The minimum atomic E-state index is 0.258. The van der Waals surface area contributed by atoms with Gasteiger partial charge in [-0.3, -0.25) is 10.3 Å². The van der Waals surface area contributed by atoms with Crippen LogP contribution in [0.15, 0.2) is 5.38 Å². The highest BCUT2D eigenvalue weighted by atomic mass is 32.1. The van der Waals surface area contributed by atoms with Crippen molar-refractivity contribution < 1.29 is 0 Å². The second kappa shape index (κ2) is 6.71. The van der Waals surface area contributed by atoms with Crippen LogP contribution in [0.3, 0.4) is 0 Å². The van der Waals surface area contributed by atoms with Crippen LogP contribution in [-0.4, -0.2) is 28.8 Å². The Kier molecular flexibility index (Phi) is 5.58. The summed E-state index contributed by atoms with van der Waals surface area (Å²) < 4.78 is 0. The van der Waals surface area contributed by atoms with Crippen molar-refractivity contribution in [2.45, 2.75) is 33.7 Å². The molecule has 0 saturated heterocycles. The molecule has 0 aliphatic heterocycles. The number of aryl methyl sites for hydroxylation is 1. The summed E-state index contributed by atoms with van der Waals surface area (Å²) in [5, 5.41) is 10.5. The first-order chi connectivity index (χ1) is 7.97. The average molecular weight is 254 g/mol. The van der Waals surface area contributed by atoms with Crippen LogP contribution in [0.25, 0.3) is 0 Å². The van der Waals surface area contributed by atoms with Gasteiger partial charge in [-0.2, -0.15) is 0 Å². The molecule has 1 heterocycles. The monoisotopic (exact) mass is 254 g/mol. The lowest BCUT2D eigenvalue weighted by Gasteiger charge is -2.23. The molecule has 17 heavy (non-hydrogen) atoms. The molecule has 0 amide bonds. The number of nitrogens with two attached hydrogens (primary N) is 1. The standard InChI is InChI=1S/C12H22N4S/c1-9(2)6-16(5-4-12(13)14)7-11-8-17-10(3)15-11/h8-9H,4-7H2,1-3H3,(H3,13,14). The molecule has 0 atom stereocenters. The van der Waals surface area contributed by atoms with Crippen LogP contribution in [0.5, 0.6) is 0 Å². The number of hydrogen-bond donors (Lipinski definition) is 2. The molecule has 0 bridgehead atoms. The molecule has 1 aromatic heterocycles. The number of nitrogens with zero attached hydrogens (tertiary/aromatic N) is 2. The Bertz CT molecular complexity index is 359. The van der Waals surface area contributed by atoms with E-state index in [1.807, 2.05) is 6.92 Å². The van der Waals surface area contributed by atoms with E-state index in [9.17, 15) is 0 Å². The fourth-order valence-corrected chi connectivity index (χ4v) is 2.34. The van der Waals surface area contributed by atoms with E-state index in [1.165, 1.54) is 0 Å². The quantitative estimate of drug-likeness (QED) is 0.579. The first-order valence-corrected chi connectivity index (χ1v) is 6.81. The zero-order valence-corrected chi connectivity index (χ0v) is 11.7. The maximum atomic E-state index is 7.29. The molecule has 4 nitrogen and oxygen atoms in total. The van der Waals surface area contributed by atoms with Gasteiger partial charge in [0.15, 0.2) is 0 Å². The predicted molar refractivity (Wildman–Crippen MR) is 73.5 cm³/mol. The summed E-state index contributed by atoms with van der Waals surface area (Å²) in [4.78, 5) is 6.80. The largest absolute Gasteiger partial charge is 0.388 e. The molecule has 0 spiro atoms. The highest BCUT2D eigenvalue weighted by Crippen LogP contribution is 2.12. The van der Waals surface area contributed by atoms with Crippen molar-refractivity contribution in [3.05, 3.63) is 16.1 Å². The van der Waals surface area contributed by atoms with Crippen LogP contribution in [-0.2, 0) is 6.54 Å². The first-order valence-electron chi connectivity index (χ1n) is 5.93. The van der Waals surface area contributed by atoms with E-state index in [1.54, 1.807) is 11.3 Å². The predicted octanol–water partition coefficient (Wildman–Crippen LogP) is 2.24. The van der Waals surface area contributed by atoms with Crippen LogP contribution in [0, 0.1) is 18.3 Å². The molecule has 96 valence electrons. The van der Waals surface area contributed by atoms with Gasteiger partial charge in [0.25, 0.3) is 0 Å². The van der Waals surface area contributed by atoms with Gasteiger partial charge in [-0.25, -0.2) is 4.98 Å². The van der Waals surface area contributed by atoms with Crippen LogP contribution < -0.4 is 5.73 Å². The summed E-state index contributed by atoms with van der Waals surface area (Å²) in [5.74, 6) is 0.870. The van der Waals surface area contributed by atoms with Crippen LogP contribution in [0.1, 0.15) is 31.0 Å². The molecule has 0 fully saturated rings. The van der Waals surface area contributed by atoms with Crippen molar-refractivity contribution in [2.75, 3.05) is 13.1 Å². The number of nitrogens with one attached hydrogen (secondary N) is 1. The molecule has 0 radical (unpaired) electrons. The summed E-state index contributed by atoms with van der Waals surface area (Å²) in [6, 6.07) is 0. The second-order valence-electron chi connectivity index (χ2n) is 4.76. The van der Waals surface area contributed by atoms with Crippen LogP contribution in [0.2, 0.25) is 0 Å². The Balaban J connectivity index is 2.53. The zero-order chi connectivity index (χ0) is 12.8. The van der Waals surface area contributed by atoms with E-state index < -0.39 is 0 Å². The summed E-state index contributed by atoms with van der Waals surface area (Å²) in [7, 11) is 0. The van der Waals surface area contributed by atoms with Crippen LogP contribution >= 0.6 is 11.3 Å². The van der Waals surface area contributed by atoms with E-state index in [0.717, 1.165) is 30.3 Å². The average Bonchev–Trinajstić information content (AvgIpc) is 2.59. The van der Waals surface area contributed by atoms with Crippen molar-refractivity contribution in [2.24, 2.45) is 11.7 Å². The number of hydrogen-bond acceptors (Lipinski definition) is 4. The van der Waals surface area contributed by atoms with Crippen molar-refractivity contribution >= 4 is 17.2 Å². The summed E-state index contributed by atoms with van der Waals surface area (Å²) >= 11 is 1.68. The highest BCUT2D eigenvalue weighted by molar-refractivity contribution is 7.09. The number of amidine groups is 1. The molecule has 3 N–H and O–H groups in total. The van der Waals surface area contributed by atoms with Crippen molar-refractivity contribution in [1.82, 2.24) is 9.88 Å². The molecular weight excluding hydrogens is 232 g/mol. The van der Waals surface area contributed by atoms with Gasteiger partial charge in [-0.15, -0.1) is 11.3 Å². The van der Waals surface area contributed by atoms with Crippen molar-refractivity contribution in [3.8, 4) is 0 Å². The van der Waals surface area contributed by atoms with Gasteiger partial charge in [-0.1, -0.05) is 13.8 Å². The molecule has 0 aromatic carbocycles. The van der Waals surface area contributed by atoms with Gasteiger partial charge in [0.2, 0.25) is 0 Å². The van der Waals surface area contributed by atoms with E-state index in [2.05, 4.69) is 29.1 Å². The fraction of sp³-hybridized carbons (Fsp3) is 0.667. The third kappa shape index (κ3) is 5.79. The maximum absolute atomic E-state index is 7.29.